The minimum absolute atomic E-state index is 0.106. The maximum absolute atomic E-state index is 13.5. The van der Waals surface area contributed by atoms with Crippen molar-refractivity contribution in [2.24, 2.45) is 11.8 Å². The SMILES string of the molecule is C[C@H]1C[C@H](C)CN(CCCNC(=O)Cc2ccccc2F)C1. The van der Waals surface area contributed by atoms with Crippen molar-refractivity contribution in [1.29, 1.82) is 0 Å². The summed E-state index contributed by atoms with van der Waals surface area (Å²) in [5.41, 5.74) is 0.457. The highest BCUT2D eigenvalue weighted by molar-refractivity contribution is 5.78. The van der Waals surface area contributed by atoms with Gasteiger partial charge in [0, 0.05) is 19.6 Å². The van der Waals surface area contributed by atoms with Crippen LogP contribution in [0.5, 0.6) is 0 Å². The van der Waals surface area contributed by atoms with E-state index < -0.39 is 0 Å². The molecule has 0 saturated carbocycles. The van der Waals surface area contributed by atoms with E-state index in [1.54, 1.807) is 18.2 Å². The van der Waals surface area contributed by atoms with Crippen LogP contribution in [0.1, 0.15) is 32.3 Å². The number of piperidine rings is 1. The molecule has 1 aliphatic heterocycles. The lowest BCUT2D eigenvalue weighted by atomic mass is 9.92. The van der Waals surface area contributed by atoms with Gasteiger partial charge in [0.25, 0.3) is 0 Å². The van der Waals surface area contributed by atoms with Gasteiger partial charge in [-0.05, 0) is 42.9 Å². The van der Waals surface area contributed by atoms with Gasteiger partial charge in [-0.25, -0.2) is 4.39 Å². The highest BCUT2D eigenvalue weighted by Gasteiger charge is 2.21. The van der Waals surface area contributed by atoms with Crippen LogP contribution in [0.2, 0.25) is 0 Å². The number of likely N-dealkylation sites (tertiary alicyclic amines) is 1. The van der Waals surface area contributed by atoms with Crippen molar-refractivity contribution >= 4 is 5.91 Å². The zero-order valence-electron chi connectivity index (χ0n) is 13.6. The Hall–Kier alpha value is -1.42. The van der Waals surface area contributed by atoms with E-state index in [1.807, 2.05) is 0 Å². The van der Waals surface area contributed by atoms with Gasteiger partial charge in [-0.2, -0.15) is 0 Å². The molecular formula is C18H27FN2O. The van der Waals surface area contributed by atoms with Crippen molar-refractivity contribution in [1.82, 2.24) is 10.2 Å². The minimum atomic E-state index is -0.311. The van der Waals surface area contributed by atoms with E-state index in [4.69, 9.17) is 0 Å². The second-order valence-corrected chi connectivity index (χ2v) is 6.68. The third kappa shape index (κ3) is 5.41. The summed E-state index contributed by atoms with van der Waals surface area (Å²) in [6, 6.07) is 6.44. The third-order valence-electron chi connectivity index (χ3n) is 4.23. The molecule has 1 saturated heterocycles. The van der Waals surface area contributed by atoms with Gasteiger partial charge >= 0.3 is 0 Å². The number of hydrogen-bond acceptors (Lipinski definition) is 2. The van der Waals surface area contributed by atoms with Crippen molar-refractivity contribution in [2.45, 2.75) is 33.1 Å². The summed E-state index contributed by atoms with van der Waals surface area (Å²) in [4.78, 5) is 14.3. The Labute approximate surface area is 132 Å². The van der Waals surface area contributed by atoms with E-state index in [1.165, 1.54) is 12.5 Å². The number of benzene rings is 1. The Morgan fingerprint density at radius 2 is 1.95 bits per heavy atom. The summed E-state index contributed by atoms with van der Waals surface area (Å²) in [6.07, 6.45) is 2.38. The molecule has 4 heteroatoms. The molecule has 1 fully saturated rings. The van der Waals surface area contributed by atoms with E-state index in [2.05, 4.69) is 24.1 Å². The summed E-state index contributed by atoms with van der Waals surface area (Å²) >= 11 is 0. The van der Waals surface area contributed by atoms with E-state index in [0.29, 0.717) is 12.1 Å². The van der Waals surface area contributed by atoms with Crippen LogP contribution in [0.25, 0.3) is 0 Å². The number of rotatable bonds is 6. The third-order valence-corrected chi connectivity index (χ3v) is 4.23. The van der Waals surface area contributed by atoms with Crippen LogP contribution >= 0.6 is 0 Å². The van der Waals surface area contributed by atoms with E-state index in [0.717, 1.165) is 37.9 Å². The topological polar surface area (TPSA) is 32.3 Å². The predicted molar refractivity (Wildman–Crippen MR) is 87.1 cm³/mol. The molecule has 1 heterocycles. The molecule has 3 nitrogen and oxygen atoms in total. The Balaban J connectivity index is 1.64. The van der Waals surface area contributed by atoms with E-state index in [-0.39, 0.29) is 18.1 Å². The molecule has 122 valence electrons. The van der Waals surface area contributed by atoms with Gasteiger partial charge in [-0.15, -0.1) is 0 Å². The standard InChI is InChI=1S/C18H27FN2O/c1-14-10-15(2)13-21(12-14)9-5-8-20-18(22)11-16-6-3-4-7-17(16)19/h3-4,6-7,14-15H,5,8-13H2,1-2H3,(H,20,22)/t14-,15-/m0/s1. The minimum Gasteiger partial charge on any atom is -0.356 e. The normalized spacial score (nSPS) is 22.5. The lowest BCUT2D eigenvalue weighted by molar-refractivity contribution is -0.120. The number of nitrogens with zero attached hydrogens (tertiary/aromatic N) is 1. The maximum Gasteiger partial charge on any atom is 0.224 e. The first kappa shape index (κ1) is 16.9. The van der Waals surface area contributed by atoms with Crippen molar-refractivity contribution < 1.29 is 9.18 Å². The fourth-order valence-corrected chi connectivity index (χ4v) is 3.38. The summed E-state index contributed by atoms with van der Waals surface area (Å²) in [6.45, 7) is 8.61. The highest BCUT2D eigenvalue weighted by Crippen LogP contribution is 2.20. The molecule has 0 spiro atoms. The van der Waals surface area contributed by atoms with E-state index in [9.17, 15) is 9.18 Å². The first-order valence-corrected chi connectivity index (χ1v) is 8.27. The van der Waals surface area contributed by atoms with E-state index >= 15 is 0 Å². The number of carbonyl (C=O) groups is 1. The zero-order chi connectivity index (χ0) is 15.9. The Kier molecular flexibility index (Phi) is 6.37. The molecule has 0 aromatic heterocycles. The number of nitrogens with one attached hydrogen (secondary N) is 1. The zero-order valence-corrected chi connectivity index (χ0v) is 13.6. The summed E-state index contributed by atoms with van der Waals surface area (Å²) in [5, 5.41) is 2.89. The smallest absolute Gasteiger partial charge is 0.224 e. The first-order valence-electron chi connectivity index (χ1n) is 8.27. The number of carbonyl (C=O) groups excluding carboxylic acids is 1. The van der Waals surface area contributed by atoms with Gasteiger partial charge in [0.15, 0.2) is 0 Å². The van der Waals surface area contributed by atoms with Gasteiger partial charge in [-0.1, -0.05) is 32.0 Å². The monoisotopic (exact) mass is 306 g/mol. The molecule has 1 N–H and O–H groups in total. The largest absolute Gasteiger partial charge is 0.356 e. The quantitative estimate of drug-likeness (QED) is 0.820. The Bertz CT molecular complexity index is 482. The van der Waals surface area contributed by atoms with Crippen molar-refractivity contribution in [3.8, 4) is 0 Å². The lowest BCUT2D eigenvalue weighted by Gasteiger charge is -2.34. The van der Waals surface area contributed by atoms with Gasteiger partial charge in [0.1, 0.15) is 5.82 Å². The molecule has 1 amide bonds. The molecule has 2 rings (SSSR count). The van der Waals surface area contributed by atoms with Crippen molar-refractivity contribution in [3.05, 3.63) is 35.6 Å². The molecule has 0 radical (unpaired) electrons. The van der Waals surface area contributed by atoms with Gasteiger partial charge in [0.2, 0.25) is 5.91 Å². The molecule has 0 aliphatic carbocycles. The molecule has 1 aromatic carbocycles. The molecule has 22 heavy (non-hydrogen) atoms. The van der Waals surface area contributed by atoms with Crippen molar-refractivity contribution in [2.75, 3.05) is 26.2 Å². The molecule has 1 aromatic rings. The molecule has 0 bridgehead atoms. The second kappa shape index (κ2) is 8.28. The lowest BCUT2D eigenvalue weighted by Crippen LogP contribution is -2.40. The summed E-state index contributed by atoms with van der Waals surface area (Å²) in [5.74, 6) is 1.11. The number of amides is 1. The first-order chi connectivity index (χ1) is 10.5. The van der Waals surface area contributed by atoms with Gasteiger partial charge in [0.05, 0.1) is 6.42 Å². The summed E-state index contributed by atoms with van der Waals surface area (Å²) < 4.78 is 13.5. The van der Waals surface area contributed by atoms with Gasteiger partial charge < -0.3 is 10.2 Å². The summed E-state index contributed by atoms with van der Waals surface area (Å²) in [7, 11) is 0. The van der Waals surface area contributed by atoms with Crippen molar-refractivity contribution in [3.63, 3.8) is 0 Å². The fraction of sp³-hybridized carbons (Fsp3) is 0.611. The van der Waals surface area contributed by atoms with Crippen LogP contribution in [0.4, 0.5) is 4.39 Å². The number of hydrogen-bond donors (Lipinski definition) is 1. The van der Waals surface area contributed by atoms with Crippen LogP contribution < -0.4 is 5.32 Å². The Morgan fingerprint density at radius 3 is 2.64 bits per heavy atom. The van der Waals surface area contributed by atoms with Crippen LogP contribution in [-0.2, 0) is 11.2 Å². The average molecular weight is 306 g/mol. The fourth-order valence-electron chi connectivity index (χ4n) is 3.38. The van der Waals surface area contributed by atoms with Gasteiger partial charge in [-0.3, -0.25) is 4.79 Å². The average Bonchev–Trinajstić information content (AvgIpc) is 2.45. The number of halogens is 1. The Morgan fingerprint density at radius 1 is 1.27 bits per heavy atom. The molecule has 2 atom stereocenters. The van der Waals surface area contributed by atoms with Crippen LogP contribution in [0.3, 0.4) is 0 Å². The second-order valence-electron chi connectivity index (χ2n) is 6.68. The molecule has 0 unspecified atom stereocenters. The van der Waals surface area contributed by atoms with Crippen LogP contribution in [0, 0.1) is 17.7 Å². The van der Waals surface area contributed by atoms with Crippen LogP contribution in [-0.4, -0.2) is 37.0 Å². The van der Waals surface area contributed by atoms with Crippen LogP contribution in [0.15, 0.2) is 24.3 Å². The maximum atomic E-state index is 13.5. The molecule has 1 aliphatic rings. The predicted octanol–water partition coefficient (Wildman–Crippen LogP) is 2.85. The highest BCUT2D eigenvalue weighted by atomic mass is 19.1. The molecular weight excluding hydrogens is 279 g/mol.